The number of nitrogens with one attached hydrogen (secondary N) is 1. The molecule has 2 fully saturated rings. The maximum Gasteiger partial charge on any atom is 0.274 e. The molecular weight excluding hydrogens is 370 g/mol. The number of hydrogen-bond donors (Lipinski definition) is 2. The van der Waals surface area contributed by atoms with Crippen molar-refractivity contribution in [3.05, 3.63) is 57.9 Å². The van der Waals surface area contributed by atoms with Gasteiger partial charge in [-0.05, 0) is 43.9 Å². The van der Waals surface area contributed by atoms with Gasteiger partial charge < -0.3 is 10.0 Å². The molecule has 1 unspecified atom stereocenters. The van der Waals surface area contributed by atoms with E-state index in [-0.39, 0.29) is 30.7 Å². The number of amides is 1. The van der Waals surface area contributed by atoms with Crippen LogP contribution in [0.5, 0.6) is 0 Å². The number of H-pyrrole nitrogens is 1. The molecule has 2 N–H and O–H groups in total. The van der Waals surface area contributed by atoms with Gasteiger partial charge >= 0.3 is 0 Å². The highest BCUT2D eigenvalue weighted by Gasteiger charge is 2.35. The second-order valence-corrected chi connectivity index (χ2v) is 7.81. The van der Waals surface area contributed by atoms with Crippen molar-refractivity contribution in [2.45, 2.75) is 44.2 Å². The van der Waals surface area contributed by atoms with E-state index in [2.05, 4.69) is 10.2 Å². The Morgan fingerprint density at radius 2 is 2.07 bits per heavy atom. The molecule has 3 heterocycles. The number of carbonyl (C=O) groups excluding carboxylic acids is 1. The van der Waals surface area contributed by atoms with Crippen LogP contribution in [0.2, 0.25) is 0 Å². The Balaban J connectivity index is 1.54. The van der Waals surface area contributed by atoms with Gasteiger partial charge in [-0.3, -0.25) is 19.3 Å². The van der Waals surface area contributed by atoms with Crippen molar-refractivity contribution in [1.29, 1.82) is 0 Å². The molecule has 8 nitrogen and oxygen atoms in total. The monoisotopic (exact) mass is 393 g/mol. The zero-order valence-electron chi connectivity index (χ0n) is 16.0. The molecule has 8 heteroatoms. The van der Waals surface area contributed by atoms with Crippen LogP contribution in [0.15, 0.2) is 35.1 Å². The van der Waals surface area contributed by atoms with Crippen LogP contribution in [0.1, 0.15) is 59.6 Å². The third-order valence-electron chi connectivity index (χ3n) is 5.86. The number of aliphatic hydroxyl groups is 1. The van der Waals surface area contributed by atoms with Gasteiger partial charge in [0, 0.05) is 18.2 Å². The molecule has 5 rings (SSSR count). The third kappa shape index (κ3) is 3.13. The second-order valence-electron chi connectivity index (χ2n) is 7.81. The first-order valence-corrected chi connectivity index (χ1v) is 10.1. The van der Waals surface area contributed by atoms with Gasteiger partial charge in [0.2, 0.25) is 0 Å². The highest BCUT2D eigenvalue weighted by molar-refractivity contribution is 5.93. The maximum absolute atomic E-state index is 13.2. The number of nitrogens with zero attached hydrogens (tertiary/aromatic N) is 4. The van der Waals surface area contributed by atoms with Gasteiger partial charge in [0.1, 0.15) is 11.5 Å². The average molecular weight is 393 g/mol. The molecule has 0 spiro atoms. The molecule has 0 bridgehead atoms. The Kier molecular flexibility index (Phi) is 4.43. The van der Waals surface area contributed by atoms with Crippen molar-refractivity contribution < 1.29 is 9.90 Å². The number of para-hydroxylation sites is 1. The summed E-state index contributed by atoms with van der Waals surface area (Å²) in [6.45, 7) is 0.577. The summed E-state index contributed by atoms with van der Waals surface area (Å²) in [5, 5.41) is 17.3. The lowest BCUT2D eigenvalue weighted by molar-refractivity contribution is 0.0720. The summed E-state index contributed by atoms with van der Waals surface area (Å²) in [5.41, 5.74) is 1.85. The average Bonchev–Trinajstić information content (AvgIpc) is 3.27. The van der Waals surface area contributed by atoms with Gasteiger partial charge in [-0.15, -0.1) is 0 Å². The van der Waals surface area contributed by atoms with Crippen LogP contribution in [-0.2, 0) is 6.54 Å². The number of rotatable bonds is 5. The van der Waals surface area contributed by atoms with E-state index in [0.29, 0.717) is 34.9 Å². The van der Waals surface area contributed by atoms with E-state index < -0.39 is 0 Å². The molecular formula is C21H23N5O3. The minimum Gasteiger partial charge on any atom is -0.395 e. The van der Waals surface area contributed by atoms with Crippen LogP contribution in [0.3, 0.4) is 0 Å². The van der Waals surface area contributed by atoms with Crippen molar-refractivity contribution in [1.82, 2.24) is 24.6 Å². The molecule has 3 aromatic rings. The summed E-state index contributed by atoms with van der Waals surface area (Å²) >= 11 is 0. The van der Waals surface area contributed by atoms with Gasteiger partial charge in [-0.25, -0.2) is 4.98 Å². The smallest absolute Gasteiger partial charge is 0.274 e. The predicted octanol–water partition coefficient (Wildman–Crippen LogP) is 1.97. The van der Waals surface area contributed by atoms with Crippen molar-refractivity contribution in [3.63, 3.8) is 0 Å². The molecule has 29 heavy (non-hydrogen) atoms. The predicted molar refractivity (Wildman–Crippen MR) is 107 cm³/mol. The SMILES string of the molecule is O=C(c1cc(C2CC2)[nH]n1)N1CCCC1c1nc2ccccc2c(=O)n1CCO. The Hall–Kier alpha value is -3.00. The Morgan fingerprint density at radius 1 is 1.24 bits per heavy atom. The topological polar surface area (TPSA) is 104 Å². The minimum absolute atomic E-state index is 0.145. The fourth-order valence-corrected chi connectivity index (χ4v) is 4.23. The fourth-order valence-electron chi connectivity index (χ4n) is 4.23. The quantitative estimate of drug-likeness (QED) is 0.690. The van der Waals surface area contributed by atoms with E-state index in [4.69, 9.17) is 4.98 Å². The molecule has 1 saturated heterocycles. The van der Waals surface area contributed by atoms with Crippen LogP contribution in [0.25, 0.3) is 10.9 Å². The highest BCUT2D eigenvalue weighted by atomic mass is 16.3. The summed E-state index contributed by atoms with van der Waals surface area (Å²) in [4.78, 5) is 32.7. The molecule has 150 valence electrons. The van der Waals surface area contributed by atoms with E-state index in [1.54, 1.807) is 23.1 Å². The molecule has 1 atom stereocenters. The number of hydrogen-bond acceptors (Lipinski definition) is 5. The summed E-state index contributed by atoms with van der Waals surface area (Å²) in [7, 11) is 0. The lowest BCUT2D eigenvalue weighted by Crippen LogP contribution is -2.36. The van der Waals surface area contributed by atoms with Gasteiger partial charge in [-0.1, -0.05) is 12.1 Å². The Bertz CT molecular complexity index is 1130. The number of likely N-dealkylation sites (tertiary alicyclic amines) is 1. The van der Waals surface area contributed by atoms with Gasteiger partial charge in [0.05, 0.1) is 30.1 Å². The molecule has 2 aromatic heterocycles. The first-order valence-electron chi connectivity index (χ1n) is 10.1. The van der Waals surface area contributed by atoms with Crippen molar-refractivity contribution >= 4 is 16.8 Å². The van der Waals surface area contributed by atoms with E-state index >= 15 is 0 Å². The molecule has 2 aliphatic rings. The zero-order valence-corrected chi connectivity index (χ0v) is 16.0. The highest BCUT2D eigenvalue weighted by Crippen LogP contribution is 2.39. The summed E-state index contributed by atoms with van der Waals surface area (Å²) in [6.07, 6.45) is 3.83. The zero-order chi connectivity index (χ0) is 20.0. The maximum atomic E-state index is 13.2. The third-order valence-corrected chi connectivity index (χ3v) is 5.86. The van der Waals surface area contributed by atoms with Crippen LogP contribution in [-0.4, -0.2) is 48.8 Å². The standard InChI is InChI=1S/C21H23N5O3/c27-11-10-26-19(22-15-5-2-1-4-14(15)20(26)28)18-6-3-9-25(18)21(29)17-12-16(23-24-17)13-7-8-13/h1-2,4-5,12-13,18,27H,3,6-11H2,(H,23,24). The summed E-state index contributed by atoms with van der Waals surface area (Å²) in [5.74, 6) is 0.885. The molecule has 1 amide bonds. The summed E-state index contributed by atoms with van der Waals surface area (Å²) in [6, 6.07) is 8.73. The molecule has 1 aliphatic heterocycles. The van der Waals surface area contributed by atoms with E-state index in [1.807, 2.05) is 12.1 Å². The van der Waals surface area contributed by atoms with E-state index in [1.165, 1.54) is 4.57 Å². The van der Waals surface area contributed by atoms with E-state index in [9.17, 15) is 14.7 Å². The molecule has 1 aromatic carbocycles. The van der Waals surface area contributed by atoms with E-state index in [0.717, 1.165) is 31.4 Å². The number of aromatic amines is 1. The molecule has 1 aliphatic carbocycles. The first-order chi connectivity index (χ1) is 14.2. The number of benzene rings is 1. The largest absolute Gasteiger partial charge is 0.395 e. The fraction of sp³-hybridized carbons (Fsp3) is 0.429. The molecule has 1 saturated carbocycles. The summed E-state index contributed by atoms with van der Waals surface area (Å²) < 4.78 is 1.51. The number of carbonyl (C=O) groups is 1. The Morgan fingerprint density at radius 3 is 2.86 bits per heavy atom. The second kappa shape index (κ2) is 7.11. The van der Waals surface area contributed by atoms with Gasteiger partial charge in [0.15, 0.2) is 0 Å². The first kappa shape index (κ1) is 18.1. The van der Waals surface area contributed by atoms with Crippen LogP contribution >= 0.6 is 0 Å². The van der Waals surface area contributed by atoms with Crippen LogP contribution in [0.4, 0.5) is 0 Å². The van der Waals surface area contributed by atoms with Gasteiger partial charge in [-0.2, -0.15) is 5.10 Å². The minimum atomic E-state index is -0.313. The van der Waals surface area contributed by atoms with Crippen molar-refractivity contribution in [2.75, 3.05) is 13.2 Å². The lowest BCUT2D eigenvalue weighted by atomic mass is 10.1. The number of aromatic nitrogens is 4. The number of fused-ring (bicyclic) bond motifs is 1. The van der Waals surface area contributed by atoms with Crippen molar-refractivity contribution in [3.8, 4) is 0 Å². The molecule has 0 radical (unpaired) electrons. The number of aliphatic hydroxyl groups excluding tert-OH is 1. The lowest BCUT2D eigenvalue weighted by Gasteiger charge is -2.26. The Labute approximate surface area is 167 Å². The normalized spacial score (nSPS) is 19.2. The van der Waals surface area contributed by atoms with Crippen LogP contribution in [0, 0.1) is 0 Å². The van der Waals surface area contributed by atoms with Crippen molar-refractivity contribution in [2.24, 2.45) is 0 Å². The van der Waals surface area contributed by atoms with Crippen LogP contribution < -0.4 is 5.56 Å². The van der Waals surface area contributed by atoms with Gasteiger partial charge in [0.25, 0.3) is 11.5 Å².